The molecule has 2 atom stereocenters. The third-order valence-corrected chi connectivity index (χ3v) is 4.86. The van der Waals surface area contributed by atoms with Crippen LogP contribution in [0.1, 0.15) is 18.4 Å². The van der Waals surface area contributed by atoms with Gasteiger partial charge in [0.25, 0.3) is 0 Å². The first-order valence-corrected chi connectivity index (χ1v) is 8.41. The van der Waals surface area contributed by atoms with Crippen molar-refractivity contribution in [3.63, 3.8) is 0 Å². The lowest BCUT2D eigenvalue weighted by atomic mass is 9.98. The molecule has 5 nitrogen and oxygen atoms in total. The maximum absolute atomic E-state index is 11.3. The zero-order valence-corrected chi connectivity index (χ0v) is 13.8. The molecular weight excluding hydrogens is 292 g/mol. The van der Waals surface area contributed by atoms with E-state index in [1.54, 1.807) is 7.05 Å². The molecule has 0 saturated carbocycles. The summed E-state index contributed by atoms with van der Waals surface area (Å²) >= 11 is 0. The molecule has 1 N–H and O–H groups in total. The highest BCUT2D eigenvalue weighted by Crippen LogP contribution is 2.36. The monoisotopic (exact) mass is 318 g/mol. The lowest BCUT2D eigenvalue weighted by molar-refractivity contribution is -0.127. The summed E-state index contributed by atoms with van der Waals surface area (Å²) in [5, 5.41) is 2.58. The highest BCUT2D eigenvalue weighted by atomic mass is 16.6. The summed E-state index contributed by atoms with van der Waals surface area (Å²) in [6, 6.07) is 10.6. The van der Waals surface area contributed by atoms with Gasteiger partial charge in [0.15, 0.2) is 0 Å². The van der Waals surface area contributed by atoms with Crippen LogP contribution in [-0.4, -0.2) is 62.4 Å². The standard InChI is InChI=1S/C18H26N2O3/c1-19-17(21)13-22-16-11-18(23-12-16)8-10-20(14-18)9-7-15-5-3-2-4-6-15/h2-6,16H,7-14H2,1H3,(H,19,21). The molecule has 5 heteroatoms. The van der Waals surface area contributed by atoms with Gasteiger partial charge in [0.2, 0.25) is 5.91 Å². The first-order chi connectivity index (χ1) is 11.2. The molecule has 1 spiro atoms. The molecule has 1 amide bonds. The summed E-state index contributed by atoms with van der Waals surface area (Å²) in [5.74, 6) is -0.0816. The van der Waals surface area contributed by atoms with Crippen LogP contribution in [0, 0.1) is 0 Å². The van der Waals surface area contributed by atoms with Gasteiger partial charge in [-0.1, -0.05) is 30.3 Å². The number of ether oxygens (including phenoxy) is 2. The van der Waals surface area contributed by atoms with Crippen LogP contribution in [0.25, 0.3) is 0 Å². The average molecular weight is 318 g/mol. The minimum atomic E-state index is -0.0816. The van der Waals surface area contributed by atoms with Crippen molar-refractivity contribution in [1.82, 2.24) is 10.2 Å². The van der Waals surface area contributed by atoms with E-state index in [9.17, 15) is 4.79 Å². The number of rotatable bonds is 6. The number of amides is 1. The fourth-order valence-electron chi connectivity index (χ4n) is 3.51. The Morgan fingerprint density at radius 1 is 1.43 bits per heavy atom. The number of nitrogens with one attached hydrogen (secondary N) is 1. The molecule has 2 heterocycles. The lowest BCUT2D eigenvalue weighted by Crippen LogP contribution is -2.34. The van der Waals surface area contributed by atoms with Crippen molar-refractivity contribution in [3.8, 4) is 0 Å². The number of nitrogens with zero attached hydrogens (tertiary/aromatic N) is 1. The zero-order valence-electron chi connectivity index (χ0n) is 13.8. The van der Waals surface area contributed by atoms with Gasteiger partial charge in [0.1, 0.15) is 6.61 Å². The quantitative estimate of drug-likeness (QED) is 0.857. The Labute approximate surface area is 137 Å². The van der Waals surface area contributed by atoms with E-state index in [-0.39, 0.29) is 24.2 Å². The zero-order chi connectivity index (χ0) is 16.1. The SMILES string of the molecule is CNC(=O)COC1COC2(CCN(CCc3ccccc3)C2)C1. The summed E-state index contributed by atoms with van der Waals surface area (Å²) in [6.07, 6.45) is 3.07. The molecular formula is C18H26N2O3. The molecule has 2 fully saturated rings. The Morgan fingerprint density at radius 2 is 2.26 bits per heavy atom. The number of likely N-dealkylation sites (tertiary alicyclic amines) is 1. The van der Waals surface area contributed by atoms with Gasteiger partial charge in [-0.3, -0.25) is 4.79 Å². The van der Waals surface area contributed by atoms with Gasteiger partial charge in [-0.25, -0.2) is 0 Å². The number of benzene rings is 1. The van der Waals surface area contributed by atoms with Crippen LogP contribution < -0.4 is 5.32 Å². The van der Waals surface area contributed by atoms with Crippen molar-refractivity contribution in [3.05, 3.63) is 35.9 Å². The summed E-state index contributed by atoms with van der Waals surface area (Å²) in [7, 11) is 1.62. The fourth-order valence-corrected chi connectivity index (χ4v) is 3.51. The smallest absolute Gasteiger partial charge is 0.245 e. The predicted molar refractivity (Wildman–Crippen MR) is 88.3 cm³/mol. The predicted octanol–water partition coefficient (Wildman–Crippen LogP) is 1.23. The summed E-state index contributed by atoms with van der Waals surface area (Å²) < 4.78 is 11.7. The Bertz CT molecular complexity index is 522. The van der Waals surface area contributed by atoms with Crippen LogP contribution in [0.2, 0.25) is 0 Å². The van der Waals surface area contributed by atoms with Crippen molar-refractivity contribution >= 4 is 5.91 Å². The average Bonchev–Trinajstić information content (AvgIpc) is 3.18. The first kappa shape index (κ1) is 16.4. The molecule has 3 rings (SSSR count). The van der Waals surface area contributed by atoms with E-state index in [4.69, 9.17) is 9.47 Å². The highest BCUT2D eigenvalue weighted by Gasteiger charge is 2.45. The molecule has 2 saturated heterocycles. The maximum Gasteiger partial charge on any atom is 0.245 e. The van der Waals surface area contributed by atoms with E-state index in [0.29, 0.717) is 6.61 Å². The third kappa shape index (κ3) is 4.31. The van der Waals surface area contributed by atoms with Gasteiger partial charge in [0.05, 0.1) is 18.3 Å². The van der Waals surface area contributed by atoms with Gasteiger partial charge in [0, 0.05) is 33.1 Å². The number of hydrogen-bond acceptors (Lipinski definition) is 4. The molecule has 2 unspecified atom stereocenters. The van der Waals surface area contributed by atoms with E-state index in [2.05, 4.69) is 40.5 Å². The minimum Gasteiger partial charge on any atom is -0.371 e. The Hall–Kier alpha value is -1.43. The Kier molecular flexibility index (Phi) is 5.30. The maximum atomic E-state index is 11.3. The number of likely N-dealkylation sites (N-methyl/N-ethyl adjacent to an activating group) is 1. The van der Waals surface area contributed by atoms with Crippen LogP contribution in [0.4, 0.5) is 0 Å². The topological polar surface area (TPSA) is 50.8 Å². The van der Waals surface area contributed by atoms with Crippen molar-refractivity contribution in [2.75, 3.05) is 39.9 Å². The number of carbonyl (C=O) groups is 1. The van der Waals surface area contributed by atoms with Crippen molar-refractivity contribution < 1.29 is 14.3 Å². The molecule has 1 aromatic carbocycles. The molecule has 0 aliphatic carbocycles. The first-order valence-electron chi connectivity index (χ1n) is 8.41. The second kappa shape index (κ2) is 7.43. The molecule has 0 aromatic heterocycles. The van der Waals surface area contributed by atoms with Gasteiger partial charge in [-0.15, -0.1) is 0 Å². The van der Waals surface area contributed by atoms with Gasteiger partial charge < -0.3 is 19.7 Å². The minimum absolute atomic E-state index is 0.0429. The van der Waals surface area contributed by atoms with Crippen LogP contribution >= 0.6 is 0 Å². The summed E-state index contributed by atoms with van der Waals surface area (Å²) in [5.41, 5.74) is 1.32. The molecule has 2 aliphatic heterocycles. The van der Waals surface area contributed by atoms with Gasteiger partial charge in [-0.2, -0.15) is 0 Å². The van der Waals surface area contributed by atoms with E-state index >= 15 is 0 Å². The summed E-state index contributed by atoms with van der Waals surface area (Å²) in [6.45, 7) is 3.84. The van der Waals surface area contributed by atoms with Gasteiger partial charge in [-0.05, 0) is 18.4 Å². The third-order valence-electron chi connectivity index (χ3n) is 4.86. The number of carbonyl (C=O) groups excluding carboxylic acids is 1. The molecule has 0 bridgehead atoms. The van der Waals surface area contributed by atoms with Crippen molar-refractivity contribution in [1.29, 1.82) is 0 Å². The lowest BCUT2D eigenvalue weighted by Gasteiger charge is -2.23. The van der Waals surface area contributed by atoms with Crippen LogP contribution in [0.5, 0.6) is 0 Å². The summed E-state index contributed by atoms with van der Waals surface area (Å²) in [4.78, 5) is 13.7. The van der Waals surface area contributed by atoms with E-state index < -0.39 is 0 Å². The normalized spacial score (nSPS) is 27.6. The van der Waals surface area contributed by atoms with E-state index in [0.717, 1.165) is 38.9 Å². The number of hydrogen-bond donors (Lipinski definition) is 1. The van der Waals surface area contributed by atoms with Crippen LogP contribution in [-0.2, 0) is 20.7 Å². The van der Waals surface area contributed by atoms with Crippen molar-refractivity contribution in [2.24, 2.45) is 0 Å². The van der Waals surface area contributed by atoms with Crippen molar-refractivity contribution in [2.45, 2.75) is 31.0 Å². The molecule has 1 aromatic rings. The molecule has 0 radical (unpaired) electrons. The fraction of sp³-hybridized carbons (Fsp3) is 0.611. The van der Waals surface area contributed by atoms with Gasteiger partial charge >= 0.3 is 0 Å². The van der Waals surface area contributed by atoms with E-state index in [1.165, 1.54) is 5.56 Å². The van der Waals surface area contributed by atoms with Crippen LogP contribution in [0.15, 0.2) is 30.3 Å². The van der Waals surface area contributed by atoms with E-state index in [1.807, 2.05) is 0 Å². The van der Waals surface area contributed by atoms with Crippen LogP contribution in [0.3, 0.4) is 0 Å². The largest absolute Gasteiger partial charge is 0.371 e. The molecule has 23 heavy (non-hydrogen) atoms. The molecule has 126 valence electrons. The molecule has 2 aliphatic rings. The Balaban J connectivity index is 1.43. The second-order valence-corrected chi connectivity index (χ2v) is 6.57. The Morgan fingerprint density at radius 3 is 3.04 bits per heavy atom. The highest BCUT2D eigenvalue weighted by molar-refractivity contribution is 5.76. The second-order valence-electron chi connectivity index (χ2n) is 6.57.